The molecule has 1 saturated heterocycles. The highest BCUT2D eigenvalue weighted by Crippen LogP contribution is 2.46. The van der Waals surface area contributed by atoms with Crippen LogP contribution in [0.5, 0.6) is 5.88 Å². The lowest BCUT2D eigenvalue weighted by atomic mass is 9.82. The molecule has 7 atom stereocenters. The Kier molecular flexibility index (Phi) is 11.1. The minimum atomic E-state index is -5.02. The van der Waals surface area contributed by atoms with Gasteiger partial charge in [0, 0.05) is 24.1 Å². The molecule has 15 nitrogen and oxygen atoms in total. The standard InChI is InChI=1S/C37H48F3N7O8S/c1-6-21-16-20(2)10-7-8-11-22-18-36(22,33(50)45-56(53,54)24-13-14-24)44-30(48)26-17-23(19-46(26)32(49)27(21)47(34(51)52)35(3,4)5)55-31-28(37(38,39)40)43-29-25(42-31)12-9-15-41-29/h8-9,11-12,15,20-24,26-27H,6-7,10,13-14,16-19H2,1-5H3,(H,44,48)(H,45,50)(H,51,52)/t20-,21-,22-,23-,26+,27+,36-/m1/s1. The highest BCUT2D eigenvalue weighted by molar-refractivity contribution is 7.91. The van der Waals surface area contributed by atoms with Gasteiger partial charge in [-0.3, -0.25) is 24.0 Å². The van der Waals surface area contributed by atoms with Crippen molar-refractivity contribution in [1.29, 1.82) is 0 Å². The van der Waals surface area contributed by atoms with Crippen LogP contribution in [0.15, 0.2) is 30.5 Å². The van der Waals surface area contributed by atoms with Crippen molar-refractivity contribution in [2.75, 3.05) is 6.54 Å². The Bertz CT molecular complexity index is 2020. The number of sulfonamides is 1. The lowest BCUT2D eigenvalue weighted by Crippen LogP contribution is -2.62. The number of halogens is 3. The van der Waals surface area contributed by atoms with Crippen LogP contribution in [0.2, 0.25) is 0 Å². The van der Waals surface area contributed by atoms with Crippen LogP contribution in [-0.2, 0) is 30.6 Å². The fraction of sp³-hybridized carbons (Fsp3) is 0.649. The van der Waals surface area contributed by atoms with Crippen molar-refractivity contribution in [1.82, 2.24) is 34.8 Å². The van der Waals surface area contributed by atoms with Crippen LogP contribution in [0.1, 0.15) is 91.7 Å². The number of fused-ring (bicyclic) bond motifs is 3. The Hall–Kier alpha value is -4.55. The zero-order valence-corrected chi connectivity index (χ0v) is 32.7. The van der Waals surface area contributed by atoms with E-state index in [1.807, 2.05) is 19.9 Å². The van der Waals surface area contributed by atoms with E-state index in [0.29, 0.717) is 38.5 Å². The van der Waals surface area contributed by atoms with Gasteiger partial charge < -0.3 is 20.1 Å². The third-order valence-electron chi connectivity index (χ3n) is 11.1. The van der Waals surface area contributed by atoms with Gasteiger partial charge in [-0.1, -0.05) is 32.4 Å². The molecule has 3 N–H and O–H groups in total. The molecule has 0 spiro atoms. The van der Waals surface area contributed by atoms with E-state index in [-0.39, 0.29) is 29.9 Å². The number of ether oxygens (including phenoxy) is 1. The van der Waals surface area contributed by atoms with Gasteiger partial charge >= 0.3 is 12.3 Å². The minimum absolute atomic E-state index is 0.00125. The molecule has 2 aromatic heterocycles. The first kappa shape index (κ1) is 41.1. The lowest BCUT2D eigenvalue weighted by Gasteiger charge is -2.44. The van der Waals surface area contributed by atoms with Gasteiger partial charge in [-0.2, -0.15) is 13.2 Å². The smallest absolute Gasteiger partial charge is 0.438 e. The predicted molar refractivity (Wildman–Crippen MR) is 195 cm³/mol. The topological polar surface area (TPSA) is 201 Å². The fourth-order valence-electron chi connectivity index (χ4n) is 7.96. The van der Waals surface area contributed by atoms with E-state index in [0.717, 1.165) is 9.80 Å². The van der Waals surface area contributed by atoms with E-state index in [2.05, 4.69) is 25.0 Å². The first-order valence-corrected chi connectivity index (χ1v) is 20.4. The van der Waals surface area contributed by atoms with Crippen LogP contribution < -0.4 is 14.8 Å². The Morgan fingerprint density at radius 3 is 2.48 bits per heavy atom. The van der Waals surface area contributed by atoms with Gasteiger partial charge in [0.25, 0.3) is 5.91 Å². The molecule has 2 aliphatic heterocycles. The summed E-state index contributed by atoms with van der Waals surface area (Å²) in [6.45, 7) is 8.31. The zero-order chi connectivity index (χ0) is 41.0. The quantitative estimate of drug-likeness (QED) is 0.335. The third-order valence-corrected chi connectivity index (χ3v) is 12.9. The molecular formula is C37H48F3N7O8S. The number of hydrogen-bond acceptors (Lipinski definition) is 10. The van der Waals surface area contributed by atoms with Crippen molar-refractivity contribution in [3.63, 3.8) is 0 Å². The number of carbonyl (C=O) groups excluding carboxylic acids is 3. The Balaban J connectivity index is 1.43. The second-order valence-electron chi connectivity index (χ2n) is 16.4. The summed E-state index contributed by atoms with van der Waals surface area (Å²) in [7, 11) is -4.02. The maximum absolute atomic E-state index is 15.1. The van der Waals surface area contributed by atoms with Gasteiger partial charge in [0.05, 0.1) is 11.8 Å². The Morgan fingerprint density at radius 1 is 1.14 bits per heavy atom. The summed E-state index contributed by atoms with van der Waals surface area (Å²) in [4.78, 5) is 70.1. The summed E-state index contributed by atoms with van der Waals surface area (Å²) < 4.78 is 76.7. The Labute approximate surface area is 322 Å². The summed E-state index contributed by atoms with van der Waals surface area (Å²) in [6.07, 6.45) is -0.276. The summed E-state index contributed by atoms with van der Waals surface area (Å²) in [5.74, 6) is -4.58. The number of rotatable bonds is 7. The van der Waals surface area contributed by atoms with Gasteiger partial charge in [-0.05, 0) is 83.3 Å². The van der Waals surface area contributed by atoms with Crippen molar-refractivity contribution in [2.45, 2.75) is 127 Å². The number of allylic oxidation sites excluding steroid dienone is 1. The number of hydrogen-bond donors (Lipinski definition) is 3. The van der Waals surface area contributed by atoms with Gasteiger partial charge in [0.15, 0.2) is 5.65 Å². The molecule has 306 valence electrons. The SMILES string of the molecule is CC[C@@H]1C[C@H](C)CCC=C[C@@H]2C[C@@]2(C(=O)NS(=O)(=O)C2CC2)NC(=O)[C@@H]2C[C@@H](Oc3nc4cccnc4nc3C(F)(F)F)CN2C(=O)[C@H]1N(C(=O)O)C(C)(C)C. The number of amides is 4. The van der Waals surface area contributed by atoms with Crippen LogP contribution in [-0.4, -0.2) is 103 Å². The zero-order valence-electron chi connectivity index (χ0n) is 31.9. The van der Waals surface area contributed by atoms with Crippen LogP contribution in [0.3, 0.4) is 0 Å². The van der Waals surface area contributed by atoms with E-state index < -0.39 is 104 Å². The highest BCUT2D eigenvalue weighted by Gasteiger charge is 2.62. The molecule has 4 amide bonds. The molecule has 4 heterocycles. The van der Waals surface area contributed by atoms with Crippen molar-refractivity contribution < 1.29 is 50.6 Å². The molecule has 6 rings (SSSR count). The second kappa shape index (κ2) is 15.1. The molecule has 0 unspecified atom stereocenters. The van der Waals surface area contributed by atoms with Crippen LogP contribution >= 0.6 is 0 Å². The molecule has 19 heteroatoms. The molecule has 3 fully saturated rings. The van der Waals surface area contributed by atoms with E-state index in [1.165, 1.54) is 18.3 Å². The number of carbonyl (C=O) groups is 4. The lowest BCUT2D eigenvalue weighted by molar-refractivity contribution is -0.146. The molecule has 2 saturated carbocycles. The second-order valence-corrected chi connectivity index (χ2v) is 18.4. The molecular weight excluding hydrogens is 760 g/mol. The Morgan fingerprint density at radius 2 is 1.86 bits per heavy atom. The largest absolute Gasteiger partial charge is 0.471 e. The van der Waals surface area contributed by atoms with Crippen molar-refractivity contribution >= 4 is 45.0 Å². The fourth-order valence-corrected chi connectivity index (χ4v) is 9.32. The minimum Gasteiger partial charge on any atom is -0.471 e. The van der Waals surface area contributed by atoms with E-state index in [4.69, 9.17) is 4.74 Å². The number of aromatic nitrogens is 3. The number of alkyl halides is 3. The average molecular weight is 808 g/mol. The molecule has 2 aliphatic carbocycles. The van der Waals surface area contributed by atoms with Crippen molar-refractivity contribution in [2.24, 2.45) is 17.8 Å². The van der Waals surface area contributed by atoms with Crippen molar-refractivity contribution in [3.05, 3.63) is 36.2 Å². The first-order valence-electron chi connectivity index (χ1n) is 18.9. The average Bonchev–Trinajstić information content (AvgIpc) is 4.03. The van der Waals surface area contributed by atoms with Crippen LogP contribution in [0.4, 0.5) is 18.0 Å². The number of carboxylic acid groups (broad SMARTS) is 1. The monoisotopic (exact) mass is 807 g/mol. The van der Waals surface area contributed by atoms with Crippen LogP contribution in [0, 0.1) is 17.8 Å². The molecule has 2 aromatic rings. The molecule has 56 heavy (non-hydrogen) atoms. The first-order chi connectivity index (χ1) is 26.2. The molecule has 0 bridgehead atoms. The normalized spacial score (nSPS) is 29.0. The van der Waals surface area contributed by atoms with Gasteiger partial charge in [0.2, 0.25) is 33.4 Å². The van der Waals surface area contributed by atoms with E-state index >= 15 is 4.79 Å². The molecule has 0 radical (unpaired) electrons. The van der Waals surface area contributed by atoms with Gasteiger partial charge in [0.1, 0.15) is 29.2 Å². The van der Waals surface area contributed by atoms with Crippen molar-refractivity contribution in [3.8, 4) is 5.88 Å². The number of nitrogens with one attached hydrogen (secondary N) is 2. The van der Waals surface area contributed by atoms with E-state index in [9.17, 15) is 41.1 Å². The van der Waals surface area contributed by atoms with E-state index in [1.54, 1.807) is 26.8 Å². The summed E-state index contributed by atoms with van der Waals surface area (Å²) in [5, 5.41) is 12.6. The maximum Gasteiger partial charge on any atom is 0.438 e. The predicted octanol–water partition coefficient (Wildman–Crippen LogP) is 4.42. The summed E-state index contributed by atoms with van der Waals surface area (Å²) >= 11 is 0. The molecule has 0 aromatic carbocycles. The highest BCUT2D eigenvalue weighted by atomic mass is 32.2. The number of pyridine rings is 1. The maximum atomic E-state index is 15.1. The molecule has 4 aliphatic rings. The third kappa shape index (κ3) is 8.41. The summed E-state index contributed by atoms with van der Waals surface area (Å²) in [6, 6.07) is 0.0716. The van der Waals surface area contributed by atoms with Crippen LogP contribution in [0.25, 0.3) is 11.2 Å². The number of nitrogens with zero attached hydrogens (tertiary/aromatic N) is 5. The summed E-state index contributed by atoms with van der Waals surface area (Å²) in [5.41, 5.74) is -4.54. The van der Waals surface area contributed by atoms with Gasteiger partial charge in [-0.15, -0.1) is 0 Å². The van der Waals surface area contributed by atoms with Gasteiger partial charge in [-0.25, -0.2) is 28.2 Å².